The Hall–Kier alpha value is -4.18. The van der Waals surface area contributed by atoms with E-state index in [0.29, 0.717) is 5.69 Å². The zero-order valence-electron chi connectivity index (χ0n) is 16.2. The molecule has 0 saturated carbocycles. The predicted octanol–water partition coefficient (Wildman–Crippen LogP) is 4.95. The van der Waals surface area contributed by atoms with E-state index in [1.807, 2.05) is 26.0 Å². The Balaban J connectivity index is 1.83. The molecular weight excluding hydrogens is 387 g/mol. The van der Waals surface area contributed by atoms with E-state index in [4.69, 9.17) is 9.52 Å². The van der Waals surface area contributed by atoms with E-state index < -0.39 is 17.7 Å². The normalized spacial score (nSPS) is 11.1. The standard InChI is InChI=1S/C23H17FN2O4/c1-13-3-5-17(9-14(13)2)26-22(27)16(12-25)10-18-6-8-21(30-18)19-7-4-15(23(28)29)11-20(19)24/h3-11H,1-2H3,(H,26,27)(H,28,29)/b16-10+. The average Bonchev–Trinajstić information content (AvgIpc) is 3.17. The van der Waals surface area contributed by atoms with E-state index in [-0.39, 0.29) is 28.2 Å². The summed E-state index contributed by atoms with van der Waals surface area (Å²) in [4.78, 5) is 23.3. The van der Waals surface area contributed by atoms with Gasteiger partial charge in [0.15, 0.2) is 0 Å². The smallest absolute Gasteiger partial charge is 0.335 e. The minimum atomic E-state index is -1.24. The molecule has 0 unspecified atom stereocenters. The molecule has 0 bridgehead atoms. The van der Waals surface area contributed by atoms with Crippen LogP contribution in [0.15, 0.2) is 58.5 Å². The van der Waals surface area contributed by atoms with E-state index in [9.17, 15) is 19.2 Å². The van der Waals surface area contributed by atoms with E-state index in [1.54, 1.807) is 12.1 Å². The minimum absolute atomic E-state index is 0.0674. The van der Waals surface area contributed by atoms with Crippen molar-refractivity contribution >= 4 is 23.6 Å². The van der Waals surface area contributed by atoms with Gasteiger partial charge in [-0.15, -0.1) is 0 Å². The third-order valence-corrected chi connectivity index (χ3v) is 4.52. The van der Waals surface area contributed by atoms with Crippen molar-refractivity contribution in [2.45, 2.75) is 13.8 Å². The van der Waals surface area contributed by atoms with Crippen LogP contribution in [0.3, 0.4) is 0 Å². The van der Waals surface area contributed by atoms with Crippen LogP contribution >= 0.6 is 0 Å². The Morgan fingerprint density at radius 1 is 1.10 bits per heavy atom. The number of hydrogen-bond acceptors (Lipinski definition) is 4. The van der Waals surface area contributed by atoms with E-state index >= 15 is 0 Å². The van der Waals surface area contributed by atoms with Crippen LogP contribution in [0.25, 0.3) is 17.4 Å². The number of hydrogen-bond donors (Lipinski definition) is 2. The van der Waals surface area contributed by atoms with Crippen LogP contribution in [0.2, 0.25) is 0 Å². The number of rotatable bonds is 5. The summed E-state index contributed by atoms with van der Waals surface area (Å²) in [7, 11) is 0. The van der Waals surface area contributed by atoms with Gasteiger partial charge in [-0.25, -0.2) is 9.18 Å². The van der Waals surface area contributed by atoms with Crippen LogP contribution < -0.4 is 5.32 Å². The molecular formula is C23H17FN2O4. The zero-order chi connectivity index (χ0) is 21.8. The van der Waals surface area contributed by atoms with Crippen molar-refractivity contribution in [3.05, 3.63) is 82.4 Å². The number of carbonyl (C=O) groups is 2. The van der Waals surface area contributed by atoms with Gasteiger partial charge < -0.3 is 14.8 Å². The Morgan fingerprint density at radius 3 is 2.50 bits per heavy atom. The molecule has 0 saturated heterocycles. The minimum Gasteiger partial charge on any atom is -0.478 e. The lowest BCUT2D eigenvalue weighted by molar-refractivity contribution is -0.112. The lowest BCUT2D eigenvalue weighted by Crippen LogP contribution is -2.13. The first-order chi connectivity index (χ1) is 14.3. The molecule has 1 heterocycles. The number of carboxylic acid groups (broad SMARTS) is 1. The second-order valence-electron chi connectivity index (χ2n) is 6.62. The van der Waals surface area contributed by atoms with Gasteiger partial charge in [-0.2, -0.15) is 5.26 Å². The van der Waals surface area contributed by atoms with Crippen molar-refractivity contribution in [2.24, 2.45) is 0 Å². The molecule has 1 aromatic heterocycles. The number of aromatic carboxylic acids is 1. The van der Waals surface area contributed by atoms with E-state index in [0.717, 1.165) is 17.2 Å². The molecule has 0 aliphatic rings. The first-order valence-electron chi connectivity index (χ1n) is 8.92. The van der Waals surface area contributed by atoms with Crippen LogP contribution in [0.1, 0.15) is 27.2 Å². The van der Waals surface area contributed by atoms with Crippen molar-refractivity contribution in [2.75, 3.05) is 5.32 Å². The van der Waals surface area contributed by atoms with Crippen LogP contribution in [-0.4, -0.2) is 17.0 Å². The molecule has 0 radical (unpaired) electrons. The topological polar surface area (TPSA) is 103 Å². The second-order valence-corrected chi connectivity index (χ2v) is 6.62. The number of aryl methyl sites for hydroxylation is 2. The highest BCUT2D eigenvalue weighted by Crippen LogP contribution is 2.27. The maximum absolute atomic E-state index is 14.2. The summed E-state index contributed by atoms with van der Waals surface area (Å²) in [5.74, 6) is -2.28. The number of nitriles is 1. The van der Waals surface area contributed by atoms with Gasteiger partial charge in [0.1, 0.15) is 29.0 Å². The molecule has 3 rings (SSSR count). The quantitative estimate of drug-likeness (QED) is 0.463. The first-order valence-corrected chi connectivity index (χ1v) is 8.92. The van der Waals surface area contributed by atoms with Gasteiger partial charge in [-0.05, 0) is 67.4 Å². The summed E-state index contributed by atoms with van der Waals surface area (Å²) in [6, 6.07) is 13.6. The van der Waals surface area contributed by atoms with E-state index in [2.05, 4.69) is 5.32 Å². The average molecular weight is 404 g/mol. The number of benzene rings is 2. The van der Waals surface area contributed by atoms with Gasteiger partial charge in [0.2, 0.25) is 0 Å². The number of furan rings is 1. The molecule has 6 nitrogen and oxygen atoms in total. The maximum atomic E-state index is 14.2. The van der Waals surface area contributed by atoms with Crippen molar-refractivity contribution < 1.29 is 23.5 Å². The van der Waals surface area contributed by atoms with Gasteiger partial charge in [-0.1, -0.05) is 6.07 Å². The maximum Gasteiger partial charge on any atom is 0.335 e. The number of nitrogens with zero attached hydrogens (tertiary/aromatic N) is 1. The summed E-state index contributed by atoms with van der Waals surface area (Å²) >= 11 is 0. The molecule has 0 aliphatic carbocycles. The lowest BCUT2D eigenvalue weighted by Gasteiger charge is -2.06. The Kier molecular flexibility index (Phi) is 5.79. The monoisotopic (exact) mass is 404 g/mol. The zero-order valence-corrected chi connectivity index (χ0v) is 16.2. The number of carboxylic acids is 1. The fourth-order valence-electron chi connectivity index (χ4n) is 2.73. The number of nitrogens with one attached hydrogen (secondary N) is 1. The predicted molar refractivity (Wildman–Crippen MR) is 109 cm³/mol. The highest BCUT2D eigenvalue weighted by atomic mass is 19.1. The molecule has 0 fully saturated rings. The lowest BCUT2D eigenvalue weighted by atomic mass is 10.1. The van der Waals surface area contributed by atoms with Crippen molar-refractivity contribution in [1.82, 2.24) is 0 Å². The van der Waals surface area contributed by atoms with Crippen molar-refractivity contribution in [3.8, 4) is 17.4 Å². The number of anilines is 1. The molecule has 0 atom stereocenters. The van der Waals surface area contributed by atoms with E-state index in [1.165, 1.54) is 30.3 Å². The third kappa shape index (κ3) is 4.45. The molecule has 150 valence electrons. The Morgan fingerprint density at radius 2 is 1.87 bits per heavy atom. The second kappa shape index (κ2) is 8.45. The Bertz CT molecular complexity index is 1220. The number of halogens is 1. The molecule has 1 amide bonds. The highest BCUT2D eigenvalue weighted by Gasteiger charge is 2.15. The molecule has 0 spiro atoms. The third-order valence-electron chi connectivity index (χ3n) is 4.52. The first kappa shape index (κ1) is 20.6. The van der Waals surface area contributed by atoms with Crippen LogP contribution in [0.5, 0.6) is 0 Å². The molecule has 2 N–H and O–H groups in total. The molecule has 0 aliphatic heterocycles. The number of amides is 1. The van der Waals surface area contributed by atoms with Crippen LogP contribution in [-0.2, 0) is 4.79 Å². The molecule has 3 aromatic rings. The van der Waals surface area contributed by atoms with Crippen molar-refractivity contribution in [3.63, 3.8) is 0 Å². The summed E-state index contributed by atoms with van der Waals surface area (Å²) in [5.41, 5.74) is 2.34. The highest BCUT2D eigenvalue weighted by molar-refractivity contribution is 6.09. The number of carbonyl (C=O) groups excluding carboxylic acids is 1. The largest absolute Gasteiger partial charge is 0.478 e. The molecule has 7 heteroatoms. The Labute approximate surface area is 171 Å². The van der Waals surface area contributed by atoms with Gasteiger partial charge >= 0.3 is 5.97 Å². The summed E-state index contributed by atoms with van der Waals surface area (Å²) in [5, 5.41) is 20.9. The fraction of sp³-hybridized carbons (Fsp3) is 0.0870. The summed E-state index contributed by atoms with van der Waals surface area (Å²) in [6.45, 7) is 3.87. The summed E-state index contributed by atoms with van der Waals surface area (Å²) in [6.07, 6.45) is 1.25. The molecule has 2 aromatic carbocycles. The summed E-state index contributed by atoms with van der Waals surface area (Å²) < 4.78 is 19.7. The van der Waals surface area contributed by atoms with Gasteiger partial charge in [0, 0.05) is 11.8 Å². The van der Waals surface area contributed by atoms with Gasteiger partial charge in [0.05, 0.1) is 11.1 Å². The molecule has 30 heavy (non-hydrogen) atoms. The fourth-order valence-corrected chi connectivity index (χ4v) is 2.73. The SMILES string of the molecule is Cc1ccc(NC(=O)/C(C#N)=C/c2ccc(-c3ccc(C(=O)O)cc3F)o2)cc1C. The van der Waals surface area contributed by atoms with Gasteiger partial charge in [0.25, 0.3) is 5.91 Å². The van der Waals surface area contributed by atoms with Crippen LogP contribution in [0.4, 0.5) is 10.1 Å². The van der Waals surface area contributed by atoms with Gasteiger partial charge in [-0.3, -0.25) is 4.79 Å². The van der Waals surface area contributed by atoms with Crippen LogP contribution in [0, 0.1) is 31.0 Å². The van der Waals surface area contributed by atoms with Crippen molar-refractivity contribution in [1.29, 1.82) is 5.26 Å².